The number of piperidine rings is 1. The van der Waals surface area contributed by atoms with Crippen molar-refractivity contribution in [1.82, 2.24) is 4.90 Å². The minimum Gasteiger partial charge on any atom is -0.337 e. The lowest BCUT2D eigenvalue weighted by atomic mass is 9.77. The number of likely N-dealkylation sites (tertiary alicyclic amines) is 1. The van der Waals surface area contributed by atoms with E-state index in [2.05, 4.69) is 53.7 Å². The van der Waals surface area contributed by atoms with Gasteiger partial charge in [0.25, 0.3) is 0 Å². The molecule has 0 saturated carbocycles. The highest BCUT2D eigenvalue weighted by Crippen LogP contribution is 2.35. The summed E-state index contributed by atoms with van der Waals surface area (Å²) in [5, 5.41) is 0. The number of hydrogen-bond donors (Lipinski definition) is 1. The predicted octanol–water partition coefficient (Wildman–Crippen LogP) is 0.782. The lowest BCUT2D eigenvalue weighted by molar-refractivity contribution is -0.889. The van der Waals surface area contributed by atoms with E-state index in [1.54, 1.807) is 4.90 Å². The second-order valence-corrected chi connectivity index (χ2v) is 6.37. The Hall–Kier alpha value is -0.0800. The van der Waals surface area contributed by atoms with Crippen LogP contribution in [0.15, 0.2) is 0 Å². The van der Waals surface area contributed by atoms with Crippen molar-refractivity contribution in [2.45, 2.75) is 57.7 Å². The van der Waals surface area contributed by atoms with E-state index in [9.17, 15) is 0 Å². The molecule has 0 unspecified atom stereocenters. The van der Waals surface area contributed by atoms with E-state index in [0.717, 1.165) is 6.04 Å². The Morgan fingerprint density at radius 1 is 1.00 bits per heavy atom. The molecule has 0 bridgehead atoms. The van der Waals surface area contributed by atoms with Gasteiger partial charge in [0.05, 0.1) is 20.1 Å². The molecule has 1 aliphatic rings. The topological polar surface area (TPSA) is 7.68 Å². The zero-order valence-corrected chi connectivity index (χ0v) is 10.9. The SMILES string of the molecule is CN1C(C)(C)CC([NH+](C)C)CC1(C)C. The fourth-order valence-corrected chi connectivity index (χ4v) is 2.78. The van der Waals surface area contributed by atoms with Crippen molar-refractivity contribution in [2.75, 3.05) is 21.1 Å². The molecule has 1 aliphatic heterocycles. The lowest BCUT2D eigenvalue weighted by Crippen LogP contribution is -3.11. The van der Waals surface area contributed by atoms with Gasteiger partial charge in [-0.05, 0) is 34.7 Å². The fourth-order valence-electron chi connectivity index (χ4n) is 2.78. The van der Waals surface area contributed by atoms with Gasteiger partial charge in [0.15, 0.2) is 0 Å². The van der Waals surface area contributed by atoms with Gasteiger partial charge in [0, 0.05) is 23.9 Å². The van der Waals surface area contributed by atoms with Crippen molar-refractivity contribution in [2.24, 2.45) is 0 Å². The van der Waals surface area contributed by atoms with Crippen molar-refractivity contribution in [3.63, 3.8) is 0 Å². The van der Waals surface area contributed by atoms with E-state index in [0.29, 0.717) is 11.1 Å². The molecule has 1 N–H and O–H groups in total. The van der Waals surface area contributed by atoms with Gasteiger partial charge in [-0.1, -0.05) is 0 Å². The zero-order chi connectivity index (χ0) is 11.1. The van der Waals surface area contributed by atoms with Crippen molar-refractivity contribution in [3.05, 3.63) is 0 Å². The second kappa shape index (κ2) is 3.49. The Morgan fingerprint density at radius 2 is 1.36 bits per heavy atom. The molecular weight excluding hydrogens is 172 g/mol. The fraction of sp³-hybridized carbons (Fsp3) is 1.00. The summed E-state index contributed by atoms with van der Waals surface area (Å²) in [6.07, 6.45) is 2.60. The monoisotopic (exact) mass is 199 g/mol. The van der Waals surface area contributed by atoms with Crippen LogP contribution in [0.1, 0.15) is 40.5 Å². The average Bonchev–Trinajstić information content (AvgIpc) is 1.98. The Kier molecular flexibility index (Phi) is 2.99. The summed E-state index contributed by atoms with van der Waals surface area (Å²) in [7, 11) is 6.82. The van der Waals surface area contributed by atoms with Crippen molar-refractivity contribution < 1.29 is 4.90 Å². The molecule has 0 aliphatic carbocycles. The van der Waals surface area contributed by atoms with E-state index < -0.39 is 0 Å². The van der Waals surface area contributed by atoms with Crippen molar-refractivity contribution >= 4 is 0 Å². The molecule has 14 heavy (non-hydrogen) atoms. The van der Waals surface area contributed by atoms with Gasteiger partial charge in [0.1, 0.15) is 0 Å². The van der Waals surface area contributed by atoms with Crippen LogP contribution in [0.3, 0.4) is 0 Å². The summed E-state index contributed by atoms with van der Waals surface area (Å²) in [6, 6.07) is 0.802. The maximum atomic E-state index is 2.54. The Morgan fingerprint density at radius 3 is 1.64 bits per heavy atom. The van der Waals surface area contributed by atoms with Gasteiger partial charge >= 0.3 is 0 Å². The maximum Gasteiger partial charge on any atom is 0.0905 e. The average molecular weight is 199 g/mol. The predicted molar refractivity (Wildman–Crippen MR) is 61.8 cm³/mol. The molecule has 84 valence electrons. The third-order valence-electron chi connectivity index (χ3n) is 4.12. The molecule has 0 radical (unpaired) electrons. The number of nitrogens with zero attached hydrogens (tertiary/aromatic N) is 1. The van der Waals surface area contributed by atoms with E-state index in [-0.39, 0.29) is 0 Å². The molecule has 0 aromatic rings. The minimum atomic E-state index is 0.337. The molecule has 1 fully saturated rings. The first-order valence-electron chi connectivity index (χ1n) is 5.71. The standard InChI is InChI=1S/C12H26N2/c1-11(2)8-10(13(5)6)9-12(3,4)14(11)7/h10H,8-9H2,1-7H3/p+1. The summed E-state index contributed by atoms with van der Waals surface area (Å²) in [4.78, 5) is 4.14. The van der Waals surface area contributed by atoms with Crippen LogP contribution in [0, 0.1) is 0 Å². The Labute approximate surface area is 89.3 Å². The Bertz CT molecular complexity index is 188. The molecule has 0 amide bonds. The Balaban J connectivity index is 2.86. The first kappa shape index (κ1) is 12.0. The van der Waals surface area contributed by atoms with Gasteiger partial charge in [-0.2, -0.15) is 0 Å². The lowest BCUT2D eigenvalue weighted by Gasteiger charge is -2.53. The van der Waals surface area contributed by atoms with Crippen LogP contribution in [-0.2, 0) is 0 Å². The van der Waals surface area contributed by atoms with Gasteiger partial charge in [0.2, 0.25) is 0 Å². The summed E-state index contributed by atoms with van der Waals surface area (Å²) < 4.78 is 0. The molecule has 0 aromatic carbocycles. The normalized spacial score (nSPS) is 28.3. The second-order valence-electron chi connectivity index (χ2n) is 6.37. The highest BCUT2D eigenvalue weighted by Gasteiger charge is 2.45. The molecule has 2 heteroatoms. The highest BCUT2D eigenvalue weighted by molar-refractivity contribution is 4.98. The summed E-state index contributed by atoms with van der Waals surface area (Å²) in [5.41, 5.74) is 0.674. The number of hydrogen-bond acceptors (Lipinski definition) is 1. The molecule has 1 heterocycles. The van der Waals surface area contributed by atoms with E-state index in [1.807, 2.05) is 0 Å². The molecular formula is C12H27N2+. The van der Waals surface area contributed by atoms with Gasteiger partial charge < -0.3 is 4.90 Å². The molecule has 2 nitrogen and oxygen atoms in total. The molecule has 0 atom stereocenters. The van der Waals surface area contributed by atoms with Crippen LogP contribution in [0.25, 0.3) is 0 Å². The summed E-state index contributed by atoms with van der Waals surface area (Å²) in [5.74, 6) is 0. The largest absolute Gasteiger partial charge is 0.337 e. The van der Waals surface area contributed by atoms with Crippen LogP contribution < -0.4 is 4.90 Å². The van der Waals surface area contributed by atoms with E-state index in [1.165, 1.54) is 12.8 Å². The molecule has 1 rings (SSSR count). The van der Waals surface area contributed by atoms with Crippen LogP contribution in [0.5, 0.6) is 0 Å². The maximum absolute atomic E-state index is 2.54. The van der Waals surface area contributed by atoms with Crippen LogP contribution in [0.4, 0.5) is 0 Å². The first-order chi connectivity index (χ1) is 6.17. The van der Waals surface area contributed by atoms with Gasteiger partial charge in [-0.15, -0.1) is 0 Å². The smallest absolute Gasteiger partial charge is 0.0905 e. The van der Waals surface area contributed by atoms with E-state index in [4.69, 9.17) is 0 Å². The minimum absolute atomic E-state index is 0.337. The number of nitrogens with one attached hydrogen (secondary N) is 1. The highest BCUT2D eigenvalue weighted by atomic mass is 15.3. The molecule has 1 saturated heterocycles. The number of quaternary nitrogens is 1. The van der Waals surface area contributed by atoms with Gasteiger partial charge in [-0.25, -0.2) is 0 Å². The summed E-state index contributed by atoms with van der Waals surface area (Å²) >= 11 is 0. The van der Waals surface area contributed by atoms with Crippen LogP contribution >= 0.6 is 0 Å². The van der Waals surface area contributed by atoms with Crippen LogP contribution in [0.2, 0.25) is 0 Å². The van der Waals surface area contributed by atoms with Crippen LogP contribution in [-0.4, -0.2) is 43.2 Å². The van der Waals surface area contributed by atoms with Gasteiger partial charge in [-0.3, -0.25) is 4.90 Å². The summed E-state index contributed by atoms with van der Waals surface area (Å²) in [6.45, 7) is 9.46. The van der Waals surface area contributed by atoms with Crippen molar-refractivity contribution in [3.8, 4) is 0 Å². The van der Waals surface area contributed by atoms with Crippen molar-refractivity contribution in [1.29, 1.82) is 0 Å². The third-order valence-corrected chi connectivity index (χ3v) is 4.12. The van der Waals surface area contributed by atoms with E-state index >= 15 is 0 Å². The number of rotatable bonds is 1. The quantitative estimate of drug-likeness (QED) is 0.656. The molecule has 0 aromatic heterocycles. The first-order valence-corrected chi connectivity index (χ1v) is 5.71. The molecule has 0 spiro atoms. The zero-order valence-electron chi connectivity index (χ0n) is 10.9. The third kappa shape index (κ3) is 2.12.